The standard InChI is InChI=1S/C21H30N2O3S/c1-17(2)14-23(20-10-13-27(25,26)16-20)21(24)15-22-11-8-19(9-12-22)18-6-4-3-5-7-18/h3-8,17,20H,9-16H2,1-2H3/p+1/t20-/m1/s1. The van der Waals surface area contributed by atoms with Crippen LogP contribution in [0, 0.1) is 5.92 Å². The van der Waals surface area contributed by atoms with Crippen molar-refractivity contribution in [1.82, 2.24) is 4.90 Å². The van der Waals surface area contributed by atoms with Gasteiger partial charge in [-0.1, -0.05) is 44.2 Å². The van der Waals surface area contributed by atoms with Crippen LogP contribution in [-0.4, -0.2) is 63.0 Å². The van der Waals surface area contributed by atoms with Gasteiger partial charge in [0.15, 0.2) is 16.4 Å². The van der Waals surface area contributed by atoms with Crippen molar-refractivity contribution in [1.29, 1.82) is 0 Å². The third kappa shape index (κ3) is 5.42. The molecule has 6 heteroatoms. The van der Waals surface area contributed by atoms with Crippen molar-refractivity contribution in [3.63, 3.8) is 0 Å². The van der Waals surface area contributed by atoms with Crippen molar-refractivity contribution in [3.8, 4) is 0 Å². The first-order valence-corrected chi connectivity index (χ1v) is 11.7. The van der Waals surface area contributed by atoms with Crippen LogP contribution in [0.25, 0.3) is 5.57 Å². The van der Waals surface area contributed by atoms with Crippen molar-refractivity contribution >= 4 is 21.3 Å². The van der Waals surface area contributed by atoms with Crippen molar-refractivity contribution < 1.29 is 18.1 Å². The molecule has 0 aromatic heterocycles. The van der Waals surface area contributed by atoms with Gasteiger partial charge in [-0.3, -0.25) is 4.79 Å². The Kier molecular flexibility index (Phi) is 6.37. The number of hydrogen-bond donors (Lipinski definition) is 1. The molecular weight excluding hydrogens is 360 g/mol. The van der Waals surface area contributed by atoms with Gasteiger partial charge in [-0.15, -0.1) is 0 Å². The van der Waals surface area contributed by atoms with E-state index in [4.69, 9.17) is 0 Å². The molecule has 1 amide bonds. The van der Waals surface area contributed by atoms with E-state index in [9.17, 15) is 13.2 Å². The van der Waals surface area contributed by atoms with E-state index in [1.807, 2.05) is 11.0 Å². The molecule has 1 fully saturated rings. The predicted octanol–water partition coefficient (Wildman–Crippen LogP) is 1.03. The van der Waals surface area contributed by atoms with Gasteiger partial charge >= 0.3 is 0 Å². The van der Waals surface area contributed by atoms with Crippen LogP contribution in [0.5, 0.6) is 0 Å². The maximum Gasteiger partial charge on any atom is 0.278 e. The average molecular weight is 392 g/mol. The summed E-state index contributed by atoms with van der Waals surface area (Å²) in [7, 11) is -2.99. The first-order chi connectivity index (χ1) is 12.8. The largest absolute Gasteiger partial charge is 0.334 e. The Morgan fingerprint density at radius 1 is 1.26 bits per heavy atom. The topological polar surface area (TPSA) is 58.9 Å². The Bertz CT molecular complexity index is 787. The molecule has 0 spiro atoms. The van der Waals surface area contributed by atoms with Gasteiger partial charge in [-0.2, -0.15) is 0 Å². The van der Waals surface area contributed by atoms with Gasteiger partial charge in [0.25, 0.3) is 5.91 Å². The van der Waals surface area contributed by atoms with E-state index in [-0.39, 0.29) is 23.5 Å². The Hall–Kier alpha value is -1.66. The molecule has 1 saturated heterocycles. The Labute approximate surface area is 163 Å². The molecule has 1 unspecified atom stereocenters. The Balaban J connectivity index is 1.62. The summed E-state index contributed by atoms with van der Waals surface area (Å²) in [6.07, 6.45) is 3.79. The molecule has 0 saturated carbocycles. The number of hydrogen-bond acceptors (Lipinski definition) is 3. The lowest BCUT2D eigenvalue weighted by Gasteiger charge is -2.32. The fraction of sp³-hybridized carbons (Fsp3) is 0.571. The van der Waals surface area contributed by atoms with E-state index >= 15 is 0 Å². The number of carbonyl (C=O) groups is 1. The SMILES string of the molecule is CC(C)CN(C(=O)C[NH+]1CC=C(c2ccccc2)CC1)[C@@H]1CCS(=O)(=O)C1. The number of nitrogens with one attached hydrogen (secondary N) is 1. The summed E-state index contributed by atoms with van der Waals surface area (Å²) < 4.78 is 23.7. The van der Waals surface area contributed by atoms with Crippen molar-refractivity contribution in [2.75, 3.05) is 37.7 Å². The average Bonchev–Trinajstić information content (AvgIpc) is 3.00. The number of benzene rings is 1. The highest BCUT2D eigenvalue weighted by Crippen LogP contribution is 2.20. The molecule has 0 aliphatic carbocycles. The summed E-state index contributed by atoms with van der Waals surface area (Å²) in [5.41, 5.74) is 2.62. The van der Waals surface area contributed by atoms with Crippen molar-refractivity contribution in [3.05, 3.63) is 42.0 Å². The first kappa shape index (κ1) is 20.1. The fourth-order valence-electron chi connectivity index (χ4n) is 4.04. The third-order valence-corrected chi connectivity index (χ3v) is 7.21. The monoisotopic (exact) mass is 391 g/mol. The van der Waals surface area contributed by atoms with Gasteiger partial charge in [0.05, 0.1) is 24.6 Å². The minimum absolute atomic E-state index is 0.0948. The summed E-state index contributed by atoms with van der Waals surface area (Å²) in [5.74, 6) is 0.758. The van der Waals surface area contributed by atoms with Gasteiger partial charge in [-0.25, -0.2) is 8.42 Å². The maximum absolute atomic E-state index is 13.0. The van der Waals surface area contributed by atoms with Gasteiger partial charge < -0.3 is 9.80 Å². The lowest BCUT2D eigenvalue weighted by atomic mass is 9.99. The van der Waals surface area contributed by atoms with E-state index in [1.165, 1.54) is 16.0 Å². The maximum atomic E-state index is 13.0. The number of quaternary nitrogens is 1. The lowest BCUT2D eigenvalue weighted by Crippen LogP contribution is -3.13. The van der Waals surface area contributed by atoms with E-state index < -0.39 is 9.84 Å². The highest BCUT2D eigenvalue weighted by atomic mass is 32.2. The van der Waals surface area contributed by atoms with Crippen LogP contribution in [0.4, 0.5) is 0 Å². The van der Waals surface area contributed by atoms with Crippen LogP contribution in [0.2, 0.25) is 0 Å². The Morgan fingerprint density at radius 2 is 2.00 bits per heavy atom. The molecule has 2 atom stereocenters. The predicted molar refractivity (Wildman–Crippen MR) is 108 cm³/mol. The van der Waals surface area contributed by atoms with Gasteiger partial charge in [0, 0.05) is 19.0 Å². The van der Waals surface area contributed by atoms with E-state index in [1.54, 1.807) is 0 Å². The van der Waals surface area contributed by atoms with Crippen LogP contribution in [0.1, 0.15) is 32.3 Å². The Morgan fingerprint density at radius 3 is 2.56 bits per heavy atom. The van der Waals surface area contributed by atoms with Crippen LogP contribution in [0.15, 0.2) is 36.4 Å². The van der Waals surface area contributed by atoms with Crippen molar-refractivity contribution in [2.45, 2.75) is 32.7 Å². The van der Waals surface area contributed by atoms with Gasteiger partial charge in [0.2, 0.25) is 0 Å². The zero-order valence-corrected chi connectivity index (χ0v) is 17.2. The molecule has 0 bridgehead atoms. The normalized spacial score (nSPS) is 24.6. The molecular formula is C21H31N2O3S+. The lowest BCUT2D eigenvalue weighted by molar-refractivity contribution is -0.887. The molecule has 5 nitrogen and oxygen atoms in total. The van der Waals surface area contributed by atoms with E-state index in [0.717, 1.165) is 19.5 Å². The highest BCUT2D eigenvalue weighted by molar-refractivity contribution is 7.91. The van der Waals surface area contributed by atoms with Crippen LogP contribution in [0.3, 0.4) is 0 Å². The molecule has 2 aliphatic heterocycles. The summed E-state index contributed by atoms with van der Waals surface area (Å²) in [5, 5.41) is 0. The molecule has 0 radical (unpaired) electrons. The van der Waals surface area contributed by atoms with E-state index in [2.05, 4.69) is 44.2 Å². The zero-order chi connectivity index (χ0) is 19.4. The van der Waals surface area contributed by atoms with Crippen LogP contribution in [-0.2, 0) is 14.6 Å². The van der Waals surface area contributed by atoms with Gasteiger partial charge in [0.1, 0.15) is 0 Å². The number of nitrogens with zero attached hydrogens (tertiary/aromatic N) is 1. The number of amides is 1. The molecule has 1 aromatic carbocycles. The van der Waals surface area contributed by atoms with Crippen LogP contribution < -0.4 is 4.90 Å². The summed E-state index contributed by atoms with van der Waals surface area (Å²) in [4.78, 5) is 16.1. The molecule has 1 aromatic rings. The molecule has 2 aliphatic rings. The van der Waals surface area contributed by atoms with Crippen molar-refractivity contribution in [2.24, 2.45) is 5.92 Å². The smallest absolute Gasteiger partial charge is 0.278 e. The highest BCUT2D eigenvalue weighted by Gasteiger charge is 2.36. The number of sulfone groups is 1. The first-order valence-electron chi connectivity index (χ1n) is 9.92. The van der Waals surface area contributed by atoms with E-state index in [0.29, 0.717) is 25.4 Å². The minimum Gasteiger partial charge on any atom is -0.334 e. The van der Waals surface area contributed by atoms with Crippen LogP contribution >= 0.6 is 0 Å². The fourth-order valence-corrected chi connectivity index (χ4v) is 5.77. The minimum atomic E-state index is -2.99. The van der Waals surface area contributed by atoms with Gasteiger partial charge in [-0.05, 0) is 29.6 Å². The number of rotatable bonds is 6. The number of carbonyl (C=O) groups excluding carboxylic acids is 1. The zero-order valence-electron chi connectivity index (χ0n) is 16.4. The second-order valence-electron chi connectivity index (χ2n) is 8.22. The summed E-state index contributed by atoms with van der Waals surface area (Å²) in [6.45, 7) is 7.01. The second-order valence-corrected chi connectivity index (χ2v) is 10.5. The molecule has 1 N–H and O–H groups in total. The summed E-state index contributed by atoms with van der Waals surface area (Å²) in [6, 6.07) is 10.2. The molecule has 2 heterocycles. The molecule has 3 rings (SSSR count). The molecule has 27 heavy (non-hydrogen) atoms. The third-order valence-electron chi connectivity index (χ3n) is 5.46. The molecule has 148 valence electrons. The quantitative estimate of drug-likeness (QED) is 0.788. The second kappa shape index (κ2) is 8.57. The summed E-state index contributed by atoms with van der Waals surface area (Å²) >= 11 is 0.